The molecule has 0 bridgehead atoms. The highest BCUT2D eigenvalue weighted by atomic mass is 16.5. The van der Waals surface area contributed by atoms with Gasteiger partial charge in [0.25, 0.3) is 0 Å². The number of ether oxygens (including phenoxy) is 1. The van der Waals surface area contributed by atoms with E-state index in [-0.39, 0.29) is 24.9 Å². The Kier molecular flexibility index (Phi) is 42.7. The van der Waals surface area contributed by atoms with E-state index in [0.717, 1.165) is 70.6 Å². The van der Waals surface area contributed by atoms with E-state index in [1.165, 1.54) is 128 Å². The summed E-state index contributed by atoms with van der Waals surface area (Å²) in [5.41, 5.74) is 0. The Balaban J connectivity index is 4.67. The molecule has 0 saturated heterocycles. The Morgan fingerprint density at radius 3 is 1.38 bits per heavy atom. The first-order chi connectivity index (χ1) is 27.5. The lowest BCUT2D eigenvalue weighted by atomic mass is 10.0. The number of carbonyl (C=O) groups is 2. The summed E-state index contributed by atoms with van der Waals surface area (Å²) in [6.45, 7) is 6.44. The number of nitrogens with one attached hydrogen (secondary N) is 1. The summed E-state index contributed by atoms with van der Waals surface area (Å²) in [6, 6.07) is -0.708. The van der Waals surface area contributed by atoms with Gasteiger partial charge in [-0.25, -0.2) is 0 Å². The number of hydrogen-bond donors (Lipinski definition) is 3. The smallest absolute Gasteiger partial charge is 0.306 e. The van der Waals surface area contributed by atoms with E-state index in [1.54, 1.807) is 0 Å². The maximum atomic E-state index is 13.1. The van der Waals surface area contributed by atoms with Crippen LogP contribution in [0.5, 0.6) is 0 Å². The highest BCUT2D eigenvalue weighted by Crippen LogP contribution is 2.17. The SMILES string of the molecule is CCCCCCC/C=C/C=C/C=C/CCCCCC(CC(=O)NC(CO)C(O)CCCCCCCCCCCC)OC(=O)CCCCCCCCCCCCC. The van der Waals surface area contributed by atoms with Crippen LogP contribution >= 0.6 is 0 Å². The molecular formula is C50H93NO5. The Labute approximate surface area is 347 Å². The monoisotopic (exact) mass is 788 g/mol. The molecule has 0 radical (unpaired) electrons. The van der Waals surface area contributed by atoms with Crippen molar-refractivity contribution in [2.24, 2.45) is 0 Å². The van der Waals surface area contributed by atoms with Crippen LogP contribution in [0.15, 0.2) is 36.5 Å². The van der Waals surface area contributed by atoms with Crippen LogP contribution in [-0.4, -0.2) is 46.9 Å². The molecule has 0 rings (SSSR count). The van der Waals surface area contributed by atoms with Crippen molar-refractivity contribution < 1.29 is 24.5 Å². The molecule has 0 aromatic carbocycles. The van der Waals surface area contributed by atoms with Crippen molar-refractivity contribution in [3.05, 3.63) is 36.5 Å². The van der Waals surface area contributed by atoms with Gasteiger partial charge < -0.3 is 20.3 Å². The van der Waals surface area contributed by atoms with E-state index in [1.807, 2.05) is 0 Å². The summed E-state index contributed by atoms with van der Waals surface area (Å²) in [7, 11) is 0. The van der Waals surface area contributed by atoms with Gasteiger partial charge in [-0.2, -0.15) is 0 Å². The Hall–Kier alpha value is -1.92. The minimum Gasteiger partial charge on any atom is -0.462 e. The second kappa shape index (κ2) is 44.2. The molecular weight excluding hydrogens is 695 g/mol. The van der Waals surface area contributed by atoms with Crippen LogP contribution in [0.25, 0.3) is 0 Å². The molecule has 0 aromatic rings. The van der Waals surface area contributed by atoms with E-state index >= 15 is 0 Å². The van der Waals surface area contributed by atoms with Crippen molar-refractivity contribution in [3.63, 3.8) is 0 Å². The lowest BCUT2D eigenvalue weighted by Crippen LogP contribution is -2.46. The summed E-state index contributed by atoms with van der Waals surface area (Å²) in [5.74, 6) is -0.502. The second-order valence-corrected chi connectivity index (χ2v) is 16.6. The molecule has 0 aliphatic rings. The van der Waals surface area contributed by atoms with E-state index in [4.69, 9.17) is 4.74 Å². The first kappa shape index (κ1) is 54.1. The molecule has 0 aliphatic heterocycles. The summed E-state index contributed by atoms with van der Waals surface area (Å²) in [5, 5.41) is 23.6. The molecule has 0 aromatic heterocycles. The topological polar surface area (TPSA) is 95.9 Å². The van der Waals surface area contributed by atoms with Crippen LogP contribution in [0.1, 0.15) is 245 Å². The molecule has 6 nitrogen and oxygen atoms in total. The molecule has 0 aliphatic carbocycles. The van der Waals surface area contributed by atoms with Crippen LogP contribution in [-0.2, 0) is 14.3 Å². The minimum atomic E-state index is -0.792. The van der Waals surface area contributed by atoms with Gasteiger partial charge in [0, 0.05) is 6.42 Å². The van der Waals surface area contributed by atoms with E-state index in [0.29, 0.717) is 19.3 Å². The average molecular weight is 788 g/mol. The highest BCUT2D eigenvalue weighted by Gasteiger charge is 2.24. The molecule has 0 saturated carbocycles. The quantitative estimate of drug-likeness (QED) is 0.0325. The Morgan fingerprint density at radius 2 is 0.911 bits per heavy atom. The van der Waals surface area contributed by atoms with Crippen molar-refractivity contribution in [2.75, 3.05) is 6.61 Å². The number of hydrogen-bond acceptors (Lipinski definition) is 5. The molecule has 3 atom stereocenters. The van der Waals surface area contributed by atoms with Gasteiger partial charge in [0.05, 0.1) is 25.2 Å². The zero-order chi connectivity index (χ0) is 41.0. The van der Waals surface area contributed by atoms with Crippen LogP contribution in [0.4, 0.5) is 0 Å². The van der Waals surface area contributed by atoms with Crippen LogP contribution < -0.4 is 5.32 Å². The fourth-order valence-corrected chi connectivity index (χ4v) is 7.31. The van der Waals surface area contributed by atoms with Crippen molar-refractivity contribution in [2.45, 2.75) is 264 Å². The maximum Gasteiger partial charge on any atom is 0.306 e. The van der Waals surface area contributed by atoms with Crippen LogP contribution in [0, 0.1) is 0 Å². The number of amides is 1. The molecule has 6 heteroatoms. The van der Waals surface area contributed by atoms with E-state index in [2.05, 4.69) is 62.5 Å². The third-order valence-electron chi connectivity index (χ3n) is 11.0. The molecule has 3 N–H and O–H groups in total. The number of carbonyl (C=O) groups excluding carboxylic acids is 2. The van der Waals surface area contributed by atoms with Gasteiger partial charge in [-0.3, -0.25) is 9.59 Å². The lowest BCUT2D eigenvalue weighted by Gasteiger charge is -2.24. The van der Waals surface area contributed by atoms with Gasteiger partial charge >= 0.3 is 5.97 Å². The minimum absolute atomic E-state index is 0.0580. The van der Waals surface area contributed by atoms with Gasteiger partial charge in [-0.1, -0.05) is 218 Å². The molecule has 0 heterocycles. The first-order valence-electron chi connectivity index (χ1n) is 24.2. The third-order valence-corrected chi connectivity index (χ3v) is 11.0. The normalized spacial score (nSPS) is 13.6. The maximum absolute atomic E-state index is 13.1. The van der Waals surface area contributed by atoms with E-state index in [9.17, 15) is 19.8 Å². The largest absolute Gasteiger partial charge is 0.462 e. The summed E-state index contributed by atoms with van der Waals surface area (Å²) < 4.78 is 5.90. The third kappa shape index (κ3) is 38.9. The van der Waals surface area contributed by atoms with Crippen molar-refractivity contribution in [1.82, 2.24) is 5.32 Å². The van der Waals surface area contributed by atoms with Gasteiger partial charge in [0.15, 0.2) is 0 Å². The molecule has 328 valence electrons. The van der Waals surface area contributed by atoms with Crippen LogP contribution in [0.3, 0.4) is 0 Å². The predicted molar refractivity (Wildman–Crippen MR) is 241 cm³/mol. The highest BCUT2D eigenvalue weighted by molar-refractivity contribution is 5.77. The molecule has 56 heavy (non-hydrogen) atoms. The van der Waals surface area contributed by atoms with Gasteiger partial charge in [0.2, 0.25) is 5.91 Å². The van der Waals surface area contributed by atoms with Crippen LogP contribution in [0.2, 0.25) is 0 Å². The Morgan fingerprint density at radius 1 is 0.518 bits per heavy atom. The number of aliphatic hydroxyl groups is 2. The number of esters is 1. The second-order valence-electron chi connectivity index (χ2n) is 16.6. The zero-order valence-corrected chi connectivity index (χ0v) is 37.3. The molecule has 0 fully saturated rings. The first-order valence-corrected chi connectivity index (χ1v) is 24.2. The molecule has 1 amide bonds. The van der Waals surface area contributed by atoms with Gasteiger partial charge in [0.1, 0.15) is 6.10 Å². The van der Waals surface area contributed by atoms with Gasteiger partial charge in [-0.15, -0.1) is 0 Å². The number of rotatable bonds is 43. The van der Waals surface area contributed by atoms with E-state index < -0.39 is 18.2 Å². The molecule has 3 unspecified atom stereocenters. The number of allylic oxidation sites excluding steroid dienone is 6. The fourth-order valence-electron chi connectivity index (χ4n) is 7.31. The van der Waals surface area contributed by atoms with Crippen molar-refractivity contribution >= 4 is 11.9 Å². The summed E-state index contributed by atoms with van der Waals surface area (Å²) >= 11 is 0. The lowest BCUT2D eigenvalue weighted by molar-refractivity contribution is -0.151. The number of unbranched alkanes of at least 4 members (excludes halogenated alkanes) is 27. The van der Waals surface area contributed by atoms with Crippen molar-refractivity contribution in [3.8, 4) is 0 Å². The van der Waals surface area contributed by atoms with Crippen molar-refractivity contribution in [1.29, 1.82) is 0 Å². The summed E-state index contributed by atoms with van der Waals surface area (Å²) in [4.78, 5) is 26.0. The predicted octanol–water partition coefficient (Wildman–Crippen LogP) is 14.1. The zero-order valence-electron chi connectivity index (χ0n) is 37.3. The number of aliphatic hydroxyl groups excluding tert-OH is 2. The molecule has 0 spiro atoms. The Bertz CT molecular complexity index is 930. The summed E-state index contributed by atoms with van der Waals surface area (Å²) in [6.07, 6.45) is 50.6. The standard InChI is InChI=1S/C50H93NO5/c1-4-7-10-13-16-19-22-23-24-25-26-28-29-32-35-38-41-46(56-50(55)43-40-37-34-31-27-20-17-14-11-8-5-2)44-49(54)51-47(45-52)48(53)42-39-36-33-30-21-18-15-12-9-6-3/h22-26,28,46-48,52-53H,4-21,27,29-45H2,1-3H3,(H,51,54)/b23-22+,25-24+,28-26+. The fraction of sp³-hybridized carbons (Fsp3) is 0.840. The van der Waals surface area contributed by atoms with Gasteiger partial charge in [-0.05, 0) is 51.4 Å². The average Bonchev–Trinajstić information content (AvgIpc) is 3.19.